The number of hydrogen-bond donors (Lipinski definition) is 1. The summed E-state index contributed by atoms with van der Waals surface area (Å²) in [5, 5.41) is 6.97. The molecule has 15 heteroatoms. The average Bonchev–Trinajstić information content (AvgIpc) is 3.30. The maximum absolute atomic E-state index is 12.7. The molecule has 30 heavy (non-hydrogen) atoms. The zero-order valence-corrected chi connectivity index (χ0v) is 17.4. The van der Waals surface area contributed by atoms with Crippen LogP contribution in [0.1, 0.15) is 34.3 Å². The molecule has 0 unspecified atom stereocenters. The monoisotopic (exact) mass is 460 g/mol. The minimum Gasteiger partial charge on any atom is -0.340 e. The number of hydrogen-bond acceptors (Lipinski definition) is 9. The molecule has 0 saturated carbocycles. The number of rotatable bonds is 5. The normalized spacial score (nSPS) is 13.1. The van der Waals surface area contributed by atoms with Crippen LogP contribution in [0.3, 0.4) is 0 Å². The van der Waals surface area contributed by atoms with Crippen LogP contribution in [0.5, 0.6) is 0 Å². The molecule has 3 heterocycles. The van der Waals surface area contributed by atoms with Crippen LogP contribution >= 0.6 is 11.3 Å². The molecule has 0 aliphatic carbocycles. The van der Waals surface area contributed by atoms with E-state index in [-0.39, 0.29) is 16.8 Å². The average molecular weight is 460 g/mol. The predicted molar refractivity (Wildman–Crippen MR) is 102 cm³/mol. The van der Waals surface area contributed by atoms with Gasteiger partial charge in [-0.2, -0.15) is 27.3 Å². The van der Waals surface area contributed by atoms with Crippen LogP contribution in [0, 0.1) is 0 Å². The topological polar surface area (TPSA) is 128 Å². The third-order valence-electron chi connectivity index (χ3n) is 3.44. The smallest absolute Gasteiger partial charge is 0.340 e. The lowest BCUT2D eigenvalue weighted by Gasteiger charge is -2.13. The Labute approximate surface area is 172 Å². The lowest BCUT2D eigenvalue weighted by Crippen LogP contribution is -2.29. The summed E-state index contributed by atoms with van der Waals surface area (Å²) >= 11 is 0.586. The molecule has 0 spiro atoms. The Bertz CT molecular complexity index is 1170. The molecule has 1 N–H and O–H groups in total. The molecule has 3 rings (SSSR count). The first-order valence-electron chi connectivity index (χ1n) is 8.17. The molecular weight excluding hydrogens is 445 g/mol. The van der Waals surface area contributed by atoms with E-state index in [0.29, 0.717) is 17.0 Å². The van der Waals surface area contributed by atoms with Crippen molar-refractivity contribution in [2.45, 2.75) is 19.1 Å². The molecule has 3 aromatic rings. The van der Waals surface area contributed by atoms with Gasteiger partial charge in [-0.3, -0.25) is 4.79 Å². The molecule has 1 atom stereocenters. The van der Waals surface area contributed by atoms with Crippen molar-refractivity contribution in [2.24, 2.45) is 4.36 Å². The number of nitrogens with one attached hydrogen (secondary N) is 1. The molecule has 0 saturated heterocycles. The number of alkyl halides is 3. The highest BCUT2D eigenvalue weighted by atomic mass is 32.2. The van der Waals surface area contributed by atoms with Gasteiger partial charge >= 0.3 is 6.18 Å². The number of thiazole rings is 1. The standard InChI is InChI=1S/C15H15F3N8O2S2/c1-8(23-12(27)13-24-10(6-29-13)15(16,17)18)11-21-7-22-26(11)14-19-4-9(5-20-14)25-30(2,3)28/h4-8H,1-3H3,(H,23,27)/t8-/m0/s1. The van der Waals surface area contributed by atoms with Gasteiger partial charge in [-0.1, -0.05) is 0 Å². The number of aromatic nitrogens is 6. The summed E-state index contributed by atoms with van der Waals surface area (Å²) in [7, 11) is -2.38. The first kappa shape index (κ1) is 21.8. The van der Waals surface area contributed by atoms with Crippen LogP contribution in [0.25, 0.3) is 5.95 Å². The Morgan fingerprint density at radius 3 is 2.50 bits per heavy atom. The van der Waals surface area contributed by atoms with E-state index in [1.54, 1.807) is 6.92 Å². The maximum Gasteiger partial charge on any atom is 0.434 e. The van der Waals surface area contributed by atoms with Crippen molar-refractivity contribution < 1.29 is 22.2 Å². The van der Waals surface area contributed by atoms with E-state index in [1.165, 1.54) is 35.9 Å². The largest absolute Gasteiger partial charge is 0.434 e. The van der Waals surface area contributed by atoms with Gasteiger partial charge in [0.1, 0.15) is 12.0 Å². The fourth-order valence-corrected chi connectivity index (χ4v) is 3.58. The highest BCUT2D eigenvalue weighted by Gasteiger charge is 2.34. The highest BCUT2D eigenvalue weighted by Crippen LogP contribution is 2.30. The second-order valence-corrected chi connectivity index (χ2v) is 9.68. The van der Waals surface area contributed by atoms with Gasteiger partial charge in [-0.15, -0.1) is 11.3 Å². The molecule has 0 aromatic carbocycles. The summed E-state index contributed by atoms with van der Waals surface area (Å²) < 4.78 is 55.0. The molecule has 3 aromatic heterocycles. The van der Waals surface area contributed by atoms with Crippen molar-refractivity contribution in [1.82, 2.24) is 35.0 Å². The Kier molecular flexibility index (Phi) is 5.85. The summed E-state index contributed by atoms with van der Waals surface area (Å²) in [6.45, 7) is 1.57. The van der Waals surface area contributed by atoms with Gasteiger partial charge in [-0.05, 0) is 6.92 Å². The molecule has 160 valence electrons. The Morgan fingerprint density at radius 2 is 1.93 bits per heavy atom. The third-order valence-corrected chi connectivity index (χ3v) is 4.93. The van der Waals surface area contributed by atoms with Crippen molar-refractivity contribution in [1.29, 1.82) is 0 Å². The molecule has 0 aliphatic rings. The van der Waals surface area contributed by atoms with Crippen molar-refractivity contribution in [3.63, 3.8) is 0 Å². The summed E-state index contributed by atoms with van der Waals surface area (Å²) in [6.07, 6.45) is 2.26. The van der Waals surface area contributed by atoms with E-state index < -0.39 is 33.5 Å². The van der Waals surface area contributed by atoms with E-state index in [0.717, 1.165) is 5.38 Å². The van der Waals surface area contributed by atoms with E-state index in [1.807, 2.05) is 0 Å². The summed E-state index contributed by atoms with van der Waals surface area (Å²) in [5.41, 5.74) is -0.809. The van der Waals surface area contributed by atoms with Crippen molar-refractivity contribution >= 4 is 32.7 Å². The lowest BCUT2D eigenvalue weighted by atomic mass is 10.3. The van der Waals surface area contributed by atoms with Crippen LogP contribution in [-0.2, 0) is 15.9 Å². The Balaban J connectivity index is 1.78. The maximum atomic E-state index is 12.7. The van der Waals surface area contributed by atoms with Crippen LogP contribution in [0.15, 0.2) is 28.5 Å². The second-order valence-electron chi connectivity index (χ2n) is 6.27. The van der Waals surface area contributed by atoms with Gasteiger partial charge in [0.2, 0.25) is 0 Å². The van der Waals surface area contributed by atoms with Crippen molar-refractivity contribution in [3.8, 4) is 5.95 Å². The summed E-state index contributed by atoms with van der Waals surface area (Å²) in [5.74, 6) is -0.418. The van der Waals surface area contributed by atoms with Gasteiger partial charge < -0.3 is 5.32 Å². The second kappa shape index (κ2) is 8.06. The number of nitrogens with zero attached hydrogens (tertiary/aromatic N) is 7. The van der Waals surface area contributed by atoms with Gasteiger partial charge in [0.25, 0.3) is 11.9 Å². The SMILES string of the molecule is C[C@H](NC(=O)c1nc(C(F)(F)F)cs1)c1ncnn1-c1ncc(N=S(C)(C)=O)cn1. The zero-order valence-electron chi connectivity index (χ0n) is 15.8. The van der Waals surface area contributed by atoms with Gasteiger partial charge in [-0.25, -0.2) is 24.1 Å². The van der Waals surface area contributed by atoms with Crippen LogP contribution < -0.4 is 5.32 Å². The Morgan fingerprint density at radius 1 is 1.27 bits per heavy atom. The van der Waals surface area contributed by atoms with E-state index in [4.69, 9.17) is 0 Å². The van der Waals surface area contributed by atoms with Crippen LogP contribution in [0.4, 0.5) is 18.9 Å². The predicted octanol–water partition coefficient (Wildman–Crippen LogP) is 2.38. The van der Waals surface area contributed by atoms with Gasteiger partial charge in [0.15, 0.2) is 16.5 Å². The fourth-order valence-electron chi connectivity index (χ4n) is 2.26. The minimum atomic E-state index is -4.63. The molecule has 0 bridgehead atoms. The van der Waals surface area contributed by atoms with E-state index in [2.05, 4.69) is 34.7 Å². The van der Waals surface area contributed by atoms with Gasteiger partial charge in [0.05, 0.1) is 18.4 Å². The molecular formula is C15H15F3N8O2S2. The zero-order chi connectivity index (χ0) is 22.1. The molecule has 1 amide bonds. The number of halogens is 3. The van der Waals surface area contributed by atoms with Gasteiger partial charge in [0, 0.05) is 27.6 Å². The van der Waals surface area contributed by atoms with Crippen LogP contribution in [0.2, 0.25) is 0 Å². The summed E-state index contributed by atoms with van der Waals surface area (Å²) in [4.78, 5) is 27.8. The molecule has 0 radical (unpaired) electrons. The van der Waals surface area contributed by atoms with E-state index in [9.17, 15) is 22.2 Å². The van der Waals surface area contributed by atoms with Crippen molar-refractivity contribution in [2.75, 3.05) is 12.5 Å². The fraction of sp³-hybridized carbons (Fsp3) is 0.333. The van der Waals surface area contributed by atoms with E-state index >= 15 is 0 Å². The van der Waals surface area contributed by atoms with Crippen LogP contribution in [-0.4, -0.2) is 52.3 Å². The first-order valence-corrected chi connectivity index (χ1v) is 11.4. The molecule has 10 nitrogen and oxygen atoms in total. The number of amides is 1. The Hall–Kier alpha value is -2.94. The highest BCUT2D eigenvalue weighted by molar-refractivity contribution is 7.92. The number of carbonyl (C=O) groups is 1. The van der Waals surface area contributed by atoms with Crippen molar-refractivity contribution in [3.05, 3.63) is 40.6 Å². The quantitative estimate of drug-likeness (QED) is 0.619. The third kappa shape index (κ3) is 5.15. The minimum absolute atomic E-state index is 0.120. The summed E-state index contributed by atoms with van der Waals surface area (Å²) in [6, 6.07) is -0.740. The molecule has 0 aliphatic heterocycles. The molecule has 0 fully saturated rings. The number of carbonyl (C=O) groups excluding carboxylic acids is 1. The lowest BCUT2D eigenvalue weighted by molar-refractivity contribution is -0.140. The first-order chi connectivity index (χ1) is 13.9.